The van der Waals surface area contributed by atoms with E-state index in [0.29, 0.717) is 19.8 Å². The van der Waals surface area contributed by atoms with Crippen LogP contribution in [0.1, 0.15) is 20.8 Å². The van der Waals surface area contributed by atoms with Crippen LogP contribution >= 0.6 is 11.6 Å². The number of ether oxygens (including phenoxy) is 3. The molecule has 0 bridgehead atoms. The number of alkyl halides is 1. The third kappa shape index (κ3) is 5.65. The Morgan fingerprint density at radius 2 is 1.56 bits per heavy atom. The highest BCUT2D eigenvalue weighted by molar-refractivity contribution is 6.27. The lowest BCUT2D eigenvalue weighted by atomic mass is 10.5. The van der Waals surface area contributed by atoms with Crippen molar-refractivity contribution < 1.29 is 19.0 Å². The molecule has 0 aliphatic carbocycles. The van der Waals surface area contributed by atoms with Crippen LogP contribution in [0.15, 0.2) is 0 Å². The first-order valence-electron chi connectivity index (χ1n) is 5.38. The summed E-state index contributed by atoms with van der Waals surface area (Å²) in [7, 11) is 0. The normalized spacial score (nSPS) is 11.5. The number of carbonyl (C=O) groups excluding carboxylic acids is 1. The van der Waals surface area contributed by atoms with Crippen LogP contribution in [0.3, 0.4) is 0 Å². The van der Waals surface area contributed by atoms with Crippen molar-refractivity contribution in [2.75, 3.05) is 32.2 Å². The molecule has 0 aromatic rings. The molecule has 1 N–H and O–H groups in total. The fraction of sp³-hybridized carbons (Fsp3) is 0.900. The fourth-order valence-corrected chi connectivity index (χ4v) is 1.29. The third-order valence-corrected chi connectivity index (χ3v) is 1.96. The van der Waals surface area contributed by atoms with Gasteiger partial charge in [0.05, 0.1) is 6.54 Å². The summed E-state index contributed by atoms with van der Waals surface area (Å²) < 4.78 is 16.2. The number of hydrogen-bond acceptors (Lipinski definition) is 4. The van der Waals surface area contributed by atoms with Crippen LogP contribution in [-0.4, -0.2) is 44.1 Å². The van der Waals surface area contributed by atoms with E-state index in [1.807, 2.05) is 20.8 Å². The molecule has 5 nitrogen and oxygen atoms in total. The molecule has 0 unspecified atom stereocenters. The van der Waals surface area contributed by atoms with E-state index in [-0.39, 0.29) is 18.3 Å². The Morgan fingerprint density at radius 3 is 1.88 bits per heavy atom. The van der Waals surface area contributed by atoms with Crippen molar-refractivity contribution in [2.45, 2.75) is 26.7 Å². The second-order valence-electron chi connectivity index (χ2n) is 2.89. The molecule has 6 heteroatoms. The van der Waals surface area contributed by atoms with Gasteiger partial charge in [-0.2, -0.15) is 0 Å². The van der Waals surface area contributed by atoms with Crippen molar-refractivity contribution in [3.05, 3.63) is 0 Å². The maximum atomic E-state index is 11.1. The van der Waals surface area contributed by atoms with E-state index in [2.05, 4.69) is 5.32 Å². The topological polar surface area (TPSA) is 56.8 Å². The van der Waals surface area contributed by atoms with Crippen molar-refractivity contribution in [1.82, 2.24) is 5.32 Å². The van der Waals surface area contributed by atoms with Crippen LogP contribution < -0.4 is 5.32 Å². The lowest BCUT2D eigenvalue weighted by molar-refractivity contribution is -0.372. The zero-order valence-corrected chi connectivity index (χ0v) is 10.8. The third-order valence-electron chi connectivity index (χ3n) is 1.72. The first-order chi connectivity index (χ1) is 7.64. The number of halogens is 1. The second kappa shape index (κ2) is 8.75. The van der Waals surface area contributed by atoms with E-state index in [1.54, 1.807) is 0 Å². The van der Waals surface area contributed by atoms with Gasteiger partial charge in [-0.15, -0.1) is 11.6 Å². The van der Waals surface area contributed by atoms with Gasteiger partial charge in [-0.1, -0.05) is 0 Å². The van der Waals surface area contributed by atoms with Gasteiger partial charge in [0.2, 0.25) is 5.91 Å². The Bertz CT molecular complexity index is 184. The van der Waals surface area contributed by atoms with Crippen molar-refractivity contribution in [1.29, 1.82) is 0 Å². The van der Waals surface area contributed by atoms with Gasteiger partial charge in [0.1, 0.15) is 5.88 Å². The quantitative estimate of drug-likeness (QED) is 0.494. The standard InChI is InChI=1S/C10H20ClNO4/c1-4-14-10(15-5-2,16-6-3)8-12-9(13)7-11/h4-8H2,1-3H3,(H,12,13). The summed E-state index contributed by atoms with van der Waals surface area (Å²) in [6.45, 7) is 6.89. The molecule has 0 saturated heterocycles. The maximum Gasteiger partial charge on any atom is 0.301 e. The van der Waals surface area contributed by atoms with E-state index >= 15 is 0 Å². The first kappa shape index (κ1) is 15.6. The molecule has 0 heterocycles. The Morgan fingerprint density at radius 1 is 1.12 bits per heavy atom. The maximum absolute atomic E-state index is 11.1. The van der Waals surface area contributed by atoms with Crippen molar-refractivity contribution in [3.8, 4) is 0 Å². The molecule has 0 aromatic carbocycles. The van der Waals surface area contributed by atoms with Crippen LogP contribution in [0.25, 0.3) is 0 Å². The molecule has 96 valence electrons. The van der Waals surface area contributed by atoms with Crippen molar-refractivity contribution in [2.24, 2.45) is 0 Å². The zero-order chi connectivity index (χ0) is 12.4. The number of carbonyl (C=O) groups is 1. The van der Waals surface area contributed by atoms with Crippen LogP contribution in [0.5, 0.6) is 0 Å². The van der Waals surface area contributed by atoms with Crippen LogP contribution in [0.2, 0.25) is 0 Å². The molecule has 16 heavy (non-hydrogen) atoms. The predicted octanol–water partition coefficient (Wildman–Crippen LogP) is 1.10. The van der Waals surface area contributed by atoms with Crippen molar-refractivity contribution in [3.63, 3.8) is 0 Å². The number of amides is 1. The molecular formula is C10H20ClNO4. The summed E-state index contributed by atoms with van der Waals surface area (Å²) >= 11 is 5.38. The predicted molar refractivity (Wildman–Crippen MR) is 61.3 cm³/mol. The average molecular weight is 254 g/mol. The largest absolute Gasteiger partial charge is 0.347 e. The molecule has 0 saturated carbocycles. The first-order valence-corrected chi connectivity index (χ1v) is 5.92. The van der Waals surface area contributed by atoms with Gasteiger partial charge in [-0.25, -0.2) is 0 Å². The van der Waals surface area contributed by atoms with Gasteiger partial charge < -0.3 is 19.5 Å². The van der Waals surface area contributed by atoms with E-state index in [1.165, 1.54) is 0 Å². The van der Waals surface area contributed by atoms with Crippen LogP contribution in [-0.2, 0) is 19.0 Å². The molecule has 1 amide bonds. The molecule has 0 aromatic heterocycles. The Labute approximate surface area is 101 Å². The molecule has 0 atom stereocenters. The summed E-state index contributed by atoms with van der Waals surface area (Å²) in [4.78, 5) is 11.1. The lowest BCUT2D eigenvalue weighted by Gasteiger charge is -2.32. The van der Waals surface area contributed by atoms with E-state index in [4.69, 9.17) is 25.8 Å². The molecule has 0 rings (SSSR count). The Balaban J connectivity index is 4.39. The average Bonchev–Trinajstić information content (AvgIpc) is 2.27. The van der Waals surface area contributed by atoms with E-state index in [9.17, 15) is 4.79 Å². The molecule has 0 aliphatic rings. The minimum atomic E-state index is -1.21. The zero-order valence-electron chi connectivity index (χ0n) is 10.0. The number of nitrogens with one attached hydrogen (secondary N) is 1. The van der Waals surface area contributed by atoms with Gasteiger partial charge >= 0.3 is 5.97 Å². The van der Waals surface area contributed by atoms with Gasteiger partial charge in [-0.05, 0) is 20.8 Å². The highest BCUT2D eigenvalue weighted by atomic mass is 35.5. The van der Waals surface area contributed by atoms with E-state index < -0.39 is 5.97 Å². The molecule has 0 spiro atoms. The summed E-state index contributed by atoms with van der Waals surface area (Å²) in [5, 5.41) is 2.58. The molecular weight excluding hydrogens is 234 g/mol. The van der Waals surface area contributed by atoms with E-state index in [0.717, 1.165) is 0 Å². The summed E-state index contributed by atoms with van der Waals surface area (Å²) in [6.07, 6.45) is 0. The summed E-state index contributed by atoms with van der Waals surface area (Å²) in [5.41, 5.74) is 0. The van der Waals surface area contributed by atoms with Crippen molar-refractivity contribution >= 4 is 17.5 Å². The minimum absolute atomic E-state index is 0.0968. The van der Waals surface area contributed by atoms with Gasteiger partial charge in [0.25, 0.3) is 0 Å². The Hall–Kier alpha value is -0.360. The minimum Gasteiger partial charge on any atom is -0.347 e. The van der Waals surface area contributed by atoms with Gasteiger partial charge in [0, 0.05) is 19.8 Å². The monoisotopic (exact) mass is 253 g/mol. The molecule has 0 fully saturated rings. The van der Waals surface area contributed by atoms with Crippen LogP contribution in [0.4, 0.5) is 0 Å². The number of rotatable bonds is 9. The lowest BCUT2D eigenvalue weighted by Crippen LogP contribution is -2.49. The molecule has 0 aliphatic heterocycles. The SMILES string of the molecule is CCOC(CNC(=O)CCl)(OCC)OCC. The van der Waals surface area contributed by atoms with Crippen LogP contribution in [0, 0.1) is 0 Å². The highest BCUT2D eigenvalue weighted by Crippen LogP contribution is 2.14. The smallest absolute Gasteiger partial charge is 0.301 e. The second-order valence-corrected chi connectivity index (χ2v) is 3.16. The van der Waals surface area contributed by atoms with Gasteiger partial charge in [-0.3, -0.25) is 4.79 Å². The number of hydrogen-bond donors (Lipinski definition) is 1. The Kier molecular flexibility index (Phi) is 8.56. The summed E-state index contributed by atoms with van der Waals surface area (Å²) in [5.74, 6) is -1.59. The fourth-order valence-electron chi connectivity index (χ4n) is 1.19. The van der Waals surface area contributed by atoms with Gasteiger partial charge in [0.15, 0.2) is 0 Å². The molecule has 0 radical (unpaired) electrons. The summed E-state index contributed by atoms with van der Waals surface area (Å²) in [6, 6.07) is 0. The highest BCUT2D eigenvalue weighted by Gasteiger charge is 2.32.